The van der Waals surface area contributed by atoms with Crippen LogP contribution in [0.5, 0.6) is 0 Å². The second-order valence-corrected chi connectivity index (χ2v) is 5.08. The van der Waals surface area contributed by atoms with Crippen molar-refractivity contribution in [3.05, 3.63) is 0 Å². The van der Waals surface area contributed by atoms with Gasteiger partial charge in [-0.15, -0.1) is 0 Å². The monoisotopic (exact) mass is 225 g/mol. The Balaban J connectivity index is 1.66. The lowest BCUT2D eigenvalue weighted by molar-refractivity contribution is -0.132. The normalized spacial score (nSPS) is 27.3. The molecule has 2 aliphatic rings. The fourth-order valence-corrected chi connectivity index (χ4v) is 2.56. The summed E-state index contributed by atoms with van der Waals surface area (Å²) < 4.78 is 0. The van der Waals surface area contributed by atoms with E-state index in [1.165, 1.54) is 19.5 Å². The van der Waals surface area contributed by atoms with Gasteiger partial charge in [-0.25, -0.2) is 0 Å². The Morgan fingerprint density at radius 3 is 2.69 bits per heavy atom. The van der Waals surface area contributed by atoms with Gasteiger partial charge >= 0.3 is 0 Å². The van der Waals surface area contributed by atoms with Crippen LogP contribution in [0.4, 0.5) is 0 Å². The van der Waals surface area contributed by atoms with Gasteiger partial charge in [0.05, 0.1) is 0 Å². The molecular weight excluding hydrogens is 202 g/mol. The molecule has 1 amide bonds. The van der Waals surface area contributed by atoms with E-state index in [0.29, 0.717) is 12.3 Å². The highest BCUT2D eigenvalue weighted by Crippen LogP contribution is 2.15. The van der Waals surface area contributed by atoms with Crippen LogP contribution < -0.4 is 5.32 Å². The Kier molecular flexibility index (Phi) is 4.18. The summed E-state index contributed by atoms with van der Waals surface area (Å²) in [6.07, 6.45) is 1.99. The fraction of sp³-hybridized carbons (Fsp3) is 0.917. The molecule has 0 aromatic carbocycles. The van der Waals surface area contributed by atoms with Gasteiger partial charge in [0.1, 0.15) is 0 Å². The largest absolute Gasteiger partial charge is 0.340 e. The average Bonchev–Trinajstić information content (AvgIpc) is 2.73. The summed E-state index contributed by atoms with van der Waals surface area (Å²) >= 11 is 0. The molecule has 2 heterocycles. The minimum Gasteiger partial charge on any atom is -0.340 e. The van der Waals surface area contributed by atoms with Crippen molar-refractivity contribution in [2.45, 2.75) is 19.8 Å². The van der Waals surface area contributed by atoms with Gasteiger partial charge < -0.3 is 15.1 Å². The Labute approximate surface area is 98.0 Å². The van der Waals surface area contributed by atoms with Gasteiger partial charge in [0.25, 0.3) is 0 Å². The number of hydrogen-bond acceptors (Lipinski definition) is 3. The molecule has 2 aliphatic heterocycles. The first-order valence-corrected chi connectivity index (χ1v) is 6.46. The lowest BCUT2D eigenvalue weighted by Crippen LogP contribution is -2.47. The molecule has 0 radical (unpaired) electrons. The van der Waals surface area contributed by atoms with Gasteiger partial charge in [-0.3, -0.25) is 4.79 Å². The standard InChI is InChI=1S/C12H23N3O/c1-11-2-6-14(10-11)7-3-12(16)15-8-4-13-5-9-15/h11,13H,2-10H2,1H3. The first kappa shape index (κ1) is 11.9. The van der Waals surface area contributed by atoms with Crippen LogP contribution in [-0.4, -0.2) is 61.5 Å². The molecular formula is C12H23N3O. The zero-order valence-electron chi connectivity index (χ0n) is 10.2. The minimum absolute atomic E-state index is 0.334. The third-order valence-electron chi connectivity index (χ3n) is 3.62. The van der Waals surface area contributed by atoms with E-state index in [4.69, 9.17) is 0 Å². The molecule has 0 saturated carbocycles. The van der Waals surface area contributed by atoms with Crippen molar-refractivity contribution < 1.29 is 4.79 Å². The van der Waals surface area contributed by atoms with E-state index in [1.807, 2.05) is 4.90 Å². The highest BCUT2D eigenvalue weighted by molar-refractivity contribution is 5.76. The van der Waals surface area contributed by atoms with E-state index in [1.54, 1.807) is 0 Å². The van der Waals surface area contributed by atoms with Crippen LogP contribution in [0.25, 0.3) is 0 Å². The van der Waals surface area contributed by atoms with Crippen LogP contribution in [0.15, 0.2) is 0 Å². The zero-order chi connectivity index (χ0) is 11.4. The van der Waals surface area contributed by atoms with Crippen molar-refractivity contribution in [3.8, 4) is 0 Å². The maximum absolute atomic E-state index is 11.9. The number of rotatable bonds is 3. The lowest BCUT2D eigenvalue weighted by atomic mass is 10.2. The Morgan fingerprint density at radius 1 is 1.31 bits per heavy atom. The first-order chi connectivity index (χ1) is 7.75. The molecule has 0 aliphatic carbocycles. The number of nitrogens with zero attached hydrogens (tertiary/aromatic N) is 2. The van der Waals surface area contributed by atoms with Gasteiger partial charge in [-0.05, 0) is 18.9 Å². The van der Waals surface area contributed by atoms with Gasteiger partial charge in [0.15, 0.2) is 0 Å². The van der Waals surface area contributed by atoms with Crippen molar-refractivity contribution in [3.63, 3.8) is 0 Å². The molecule has 2 saturated heterocycles. The SMILES string of the molecule is CC1CCN(CCC(=O)N2CCNCC2)C1. The van der Waals surface area contributed by atoms with Crippen LogP contribution in [0.1, 0.15) is 19.8 Å². The Hall–Kier alpha value is -0.610. The van der Waals surface area contributed by atoms with Crippen LogP contribution in [-0.2, 0) is 4.79 Å². The summed E-state index contributed by atoms with van der Waals surface area (Å²) in [6, 6.07) is 0. The third-order valence-corrected chi connectivity index (χ3v) is 3.62. The molecule has 16 heavy (non-hydrogen) atoms. The van der Waals surface area contributed by atoms with E-state index in [9.17, 15) is 4.79 Å². The van der Waals surface area contributed by atoms with Crippen molar-refractivity contribution in [2.24, 2.45) is 5.92 Å². The topological polar surface area (TPSA) is 35.6 Å². The van der Waals surface area contributed by atoms with Crippen molar-refractivity contribution in [2.75, 3.05) is 45.8 Å². The number of carbonyl (C=O) groups excluding carboxylic acids is 1. The zero-order valence-corrected chi connectivity index (χ0v) is 10.2. The molecule has 1 atom stereocenters. The summed E-state index contributed by atoms with van der Waals surface area (Å²) in [6.45, 7) is 9.26. The maximum Gasteiger partial charge on any atom is 0.223 e. The van der Waals surface area contributed by atoms with Crippen molar-refractivity contribution >= 4 is 5.91 Å². The fourth-order valence-electron chi connectivity index (χ4n) is 2.56. The highest BCUT2D eigenvalue weighted by atomic mass is 16.2. The highest BCUT2D eigenvalue weighted by Gasteiger charge is 2.21. The molecule has 1 N–H and O–H groups in total. The molecule has 92 valence electrons. The van der Waals surface area contributed by atoms with Gasteiger partial charge in [0, 0.05) is 45.7 Å². The quantitative estimate of drug-likeness (QED) is 0.743. The molecule has 2 rings (SSSR count). The molecule has 4 nitrogen and oxygen atoms in total. The predicted molar refractivity (Wildman–Crippen MR) is 64.3 cm³/mol. The van der Waals surface area contributed by atoms with E-state index in [0.717, 1.165) is 38.6 Å². The Bertz CT molecular complexity index is 238. The summed E-state index contributed by atoms with van der Waals surface area (Å²) in [7, 11) is 0. The number of piperazine rings is 1. The summed E-state index contributed by atoms with van der Waals surface area (Å²) in [5.41, 5.74) is 0. The van der Waals surface area contributed by atoms with Crippen molar-refractivity contribution in [1.29, 1.82) is 0 Å². The molecule has 0 spiro atoms. The van der Waals surface area contributed by atoms with Crippen LogP contribution in [0.3, 0.4) is 0 Å². The van der Waals surface area contributed by atoms with Gasteiger partial charge in [-0.2, -0.15) is 0 Å². The number of amides is 1. The second-order valence-electron chi connectivity index (χ2n) is 5.08. The average molecular weight is 225 g/mol. The third kappa shape index (κ3) is 3.19. The molecule has 2 fully saturated rings. The van der Waals surface area contributed by atoms with Gasteiger partial charge in [-0.1, -0.05) is 6.92 Å². The van der Waals surface area contributed by atoms with E-state index in [-0.39, 0.29) is 0 Å². The molecule has 0 aromatic rings. The lowest BCUT2D eigenvalue weighted by Gasteiger charge is -2.28. The van der Waals surface area contributed by atoms with Crippen LogP contribution in [0.2, 0.25) is 0 Å². The van der Waals surface area contributed by atoms with Crippen LogP contribution >= 0.6 is 0 Å². The number of hydrogen-bond donors (Lipinski definition) is 1. The van der Waals surface area contributed by atoms with E-state index < -0.39 is 0 Å². The Morgan fingerprint density at radius 2 is 2.06 bits per heavy atom. The minimum atomic E-state index is 0.334. The summed E-state index contributed by atoms with van der Waals surface area (Å²) in [5, 5.41) is 3.27. The summed E-state index contributed by atoms with van der Waals surface area (Å²) in [5.74, 6) is 1.15. The second kappa shape index (κ2) is 5.64. The number of likely N-dealkylation sites (tertiary alicyclic amines) is 1. The summed E-state index contributed by atoms with van der Waals surface area (Å²) in [4.78, 5) is 16.3. The smallest absolute Gasteiger partial charge is 0.223 e. The predicted octanol–water partition coefficient (Wildman–Crippen LogP) is 0.150. The molecule has 4 heteroatoms. The maximum atomic E-state index is 11.9. The van der Waals surface area contributed by atoms with E-state index in [2.05, 4.69) is 17.1 Å². The molecule has 0 aromatic heterocycles. The van der Waals surface area contributed by atoms with Gasteiger partial charge in [0.2, 0.25) is 5.91 Å². The van der Waals surface area contributed by atoms with Crippen LogP contribution in [0, 0.1) is 5.92 Å². The first-order valence-electron chi connectivity index (χ1n) is 6.46. The number of nitrogens with one attached hydrogen (secondary N) is 1. The molecule has 0 bridgehead atoms. The molecule has 1 unspecified atom stereocenters. The van der Waals surface area contributed by atoms with E-state index >= 15 is 0 Å². The van der Waals surface area contributed by atoms with Crippen molar-refractivity contribution in [1.82, 2.24) is 15.1 Å². The number of carbonyl (C=O) groups is 1.